The SMILES string of the molecule is CCC(C)C1CC(=O)C(C)(O)c2ccccc21. The molecule has 0 saturated carbocycles. The molecule has 0 aliphatic heterocycles. The molecule has 2 heteroatoms. The van der Waals surface area contributed by atoms with Crippen molar-refractivity contribution >= 4 is 5.78 Å². The van der Waals surface area contributed by atoms with Crippen LogP contribution >= 0.6 is 0 Å². The lowest BCUT2D eigenvalue weighted by molar-refractivity contribution is -0.138. The van der Waals surface area contributed by atoms with E-state index in [0.717, 1.165) is 17.5 Å². The van der Waals surface area contributed by atoms with Gasteiger partial charge in [0.25, 0.3) is 0 Å². The number of fused-ring (bicyclic) bond motifs is 1. The van der Waals surface area contributed by atoms with Crippen molar-refractivity contribution in [1.82, 2.24) is 0 Å². The van der Waals surface area contributed by atoms with E-state index in [1.165, 1.54) is 0 Å². The fourth-order valence-corrected chi connectivity index (χ4v) is 2.71. The van der Waals surface area contributed by atoms with Crippen LogP contribution in [0.5, 0.6) is 0 Å². The maximum Gasteiger partial charge on any atom is 0.169 e. The highest BCUT2D eigenvalue weighted by atomic mass is 16.3. The van der Waals surface area contributed by atoms with Gasteiger partial charge in [0, 0.05) is 6.42 Å². The van der Waals surface area contributed by atoms with Crippen LogP contribution in [0.2, 0.25) is 0 Å². The quantitative estimate of drug-likeness (QED) is 0.851. The number of carbonyl (C=O) groups excluding carboxylic acids is 1. The number of hydrogen-bond donors (Lipinski definition) is 1. The van der Waals surface area contributed by atoms with E-state index >= 15 is 0 Å². The number of Topliss-reactive ketones (excluding diaryl/α,β-unsaturated/α-hetero) is 1. The van der Waals surface area contributed by atoms with Gasteiger partial charge in [-0.25, -0.2) is 0 Å². The van der Waals surface area contributed by atoms with Crippen LogP contribution in [0, 0.1) is 5.92 Å². The Labute approximate surface area is 103 Å². The van der Waals surface area contributed by atoms with Crippen LogP contribution in [0.15, 0.2) is 24.3 Å². The molecule has 0 aromatic heterocycles. The van der Waals surface area contributed by atoms with Gasteiger partial charge in [0.15, 0.2) is 5.78 Å². The van der Waals surface area contributed by atoms with Gasteiger partial charge in [0.2, 0.25) is 0 Å². The highest BCUT2D eigenvalue weighted by Gasteiger charge is 2.42. The van der Waals surface area contributed by atoms with Crippen molar-refractivity contribution in [2.45, 2.75) is 45.1 Å². The summed E-state index contributed by atoms with van der Waals surface area (Å²) in [5.74, 6) is 0.668. The van der Waals surface area contributed by atoms with Crippen LogP contribution in [-0.4, -0.2) is 10.9 Å². The maximum atomic E-state index is 12.1. The van der Waals surface area contributed by atoms with Gasteiger partial charge in [-0.3, -0.25) is 4.79 Å². The van der Waals surface area contributed by atoms with Crippen LogP contribution in [0.1, 0.15) is 50.7 Å². The first-order chi connectivity index (χ1) is 7.98. The Hall–Kier alpha value is -1.15. The smallest absolute Gasteiger partial charge is 0.169 e. The first kappa shape index (κ1) is 12.3. The Bertz CT molecular complexity index is 434. The molecule has 1 aliphatic carbocycles. The molecule has 1 N–H and O–H groups in total. The zero-order valence-electron chi connectivity index (χ0n) is 10.7. The summed E-state index contributed by atoms with van der Waals surface area (Å²) in [4.78, 5) is 12.1. The topological polar surface area (TPSA) is 37.3 Å². The molecule has 2 rings (SSSR count). The molecule has 0 bridgehead atoms. The first-order valence-electron chi connectivity index (χ1n) is 6.33. The number of rotatable bonds is 2. The van der Waals surface area contributed by atoms with Crippen molar-refractivity contribution < 1.29 is 9.90 Å². The van der Waals surface area contributed by atoms with E-state index in [1.54, 1.807) is 6.92 Å². The summed E-state index contributed by atoms with van der Waals surface area (Å²) in [6.45, 7) is 5.93. The number of carbonyl (C=O) groups is 1. The molecule has 1 aliphatic rings. The molecule has 0 saturated heterocycles. The molecular weight excluding hydrogens is 212 g/mol. The third kappa shape index (κ3) is 1.91. The molecule has 1 aromatic rings. The number of ketones is 1. The van der Waals surface area contributed by atoms with Crippen LogP contribution in [0.3, 0.4) is 0 Å². The van der Waals surface area contributed by atoms with Gasteiger partial charge in [-0.15, -0.1) is 0 Å². The summed E-state index contributed by atoms with van der Waals surface area (Å²) >= 11 is 0. The molecule has 0 amide bonds. The molecule has 3 atom stereocenters. The fourth-order valence-electron chi connectivity index (χ4n) is 2.71. The van der Waals surface area contributed by atoms with E-state index in [0.29, 0.717) is 12.3 Å². The van der Waals surface area contributed by atoms with E-state index in [2.05, 4.69) is 13.8 Å². The zero-order chi connectivity index (χ0) is 12.6. The van der Waals surface area contributed by atoms with Crippen molar-refractivity contribution in [3.05, 3.63) is 35.4 Å². The van der Waals surface area contributed by atoms with E-state index < -0.39 is 5.60 Å². The van der Waals surface area contributed by atoms with Crippen molar-refractivity contribution in [3.63, 3.8) is 0 Å². The standard InChI is InChI=1S/C15H20O2/c1-4-10(2)12-9-14(16)15(3,17)13-8-6-5-7-11(12)13/h5-8,10,12,17H,4,9H2,1-3H3. The minimum absolute atomic E-state index is 0.0542. The van der Waals surface area contributed by atoms with Crippen molar-refractivity contribution in [2.24, 2.45) is 5.92 Å². The Morgan fingerprint density at radius 2 is 2.12 bits per heavy atom. The maximum absolute atomic E-state index is 12.1. The van der Waals surface area contributed by atoms with E-state index in [-0.39, 0.29) is 11.7 Å². The summed E-state index contributed by atoms with van der Waals surface area (Å²) in [5, 5.41) is 10.3. The van der Waals surface area contributed by atoms with Gasteiger partial charge >= 0.3 is 0 Å². The largest absolute Gasteiger partial charge is 0.378 e. The second-order valence-electron chi connectivity index (χ2n) is 5.28. The average molecular weight is 232 g/mol. The van der Waals surface area contributed by atoms with Gasteiger partial charge < -0.3 is 5.11 Å². The molecule has 3 unspecified atom stereocenters. The second kappa shape index (κ2) is 4.26. The monoisotopic (exact) mass is 232 g/mol. The predicted octanol–water partition coefficient (Wildman–Crippen LogP) is 3.00. The number of benzene rings is 1. The Kier molecular flexibility index (Phi) is 3.09. The highest BCUT2D eigenvalue weighted by Crippen LogP contribution is 2.42. The van der Waals surface area contributed by atoms with Gasteiger partial charge in [0.05, 0.1) is 0 Å². The third-order valence-electron chi connectivity index (χ3n) is 4.16. The predicted molar refractivity (Wildman–Crippen MR) is 67.8 cm³/mol. The lowest BCUT2D eigenvalue weighted by Gasteiger charge is -2.36. The third-order valence-corrected chi connectivity index (χ3v) is 4.16. The van der Waals surface area contributed by atoms with Gasteiger partial charge in [-0.05, 0) is 29.9 Å². The molecule has 0 heterocycles. The van der Waals surface area contributed by atoms with Crippen LogP contribution in [0.4, 0.5) is 0 Å². The number of hydrogen-bond acceptors (Lipinski definition) is 2. The lowest BCUT2D eigenvalue weighted by atomic mass is 9.69. The van der Waals surface area contributed by atoms with Gasteiger partial charge in [-0.1, -0.05) is 44.5 Å². The van der Waals surface area contributed by atoms with Crippen molar-refractivity contribution in [3.8, 4) is 0 Å². The zero-order valence-corrected chi connectivity index (χ0v) is 10.7. The summed E-state index contributed by atoms with van der Waals surface area (Å²) in [5.41, 5.74) is 0.633. The van der Waals surface area contributed by atoms with E-state index in [9.17, 15) is 9.90 Å². The highest BCUT2D eigenvalue weighted by molar-refractivity contribution is 5.90. The molecule has 0 fully saturated rings. The summed E-state index contributed by atoms with van der Waals surface area (Å²) in [6, 6.07) is 7.80. The second-order valence-corrected chi connectivity index (χ2v) is 5.28. The minimum Gasteiger partial charge on any atom is -0.378 e. The fraction of sp³-hybridized carbons (Fsp3) is 0.533. The Balaban J connectivity index is 2.53. The summed E-state index contributed by atoms with van der Waals surface area (Å²) in [6.07, 6.45) is 1.51. The minimum atomic E-state index is -1.31. The lowest BCUT2D eigenvalue weighted by Crippen LogP contribution is -2.39. The van der Waals surface area contributed by atoms with E-state index in [1.807, 2.05) is 24.3 Å². The van der Waals surface area contributed by atoms with Crippen LogP contribution < -0.4 is 0 Å². The molecule has 0 spiro atoms. The Morgan fingerprint density at radius 3 is 2.76 bits per heavy atom. The van der Waals surface area contributed by atoms with Crippen LogP contribution in [0.25, 0.3) is 0 Å². The molecule has 17 heavy (non-hydrogen) atoms. The average Bonchev–Trinajstić information content (AvgIpc) is 2.33. The Morgan fingerprint density at radius 1 is 1.47 bits per heavy atom. The van der Waals surface area contributed by atoms with Gasteiger partial charge in [0.1, 0.15) is 5.60 Å². The summed E-state index contributed by atoms with van der Waals surface area (Å²) < 4.78 is 0. The number of aliphatic hydroxyl groups is 1. The summed E-state index contributed by atoms with van der Waals surface area (Å²) in [7, 11) is 0. The molecule has 0 radical (unpaired) electrons. The van der Waals surface area contributed by atoms with Gasteiger partial charge in [-0.2, -0.15) is 0 Å². The molecule has 1 aromatic carbocycles. The van der Waals surface area contributed by atoms with Crippen LogP contribution in [-0.2, 0) is 10.4 Å². The van der Waals surface area contributed by atoms with Crippen molar-refractivity contribution in [2.75, 3.05) is 0 Å². The van der Waals surface area contributed by atoms with E-state index in [4.69, 9.17) is 0 Å². The first-order valence-corrected chi connectivity index (χ1v) is 6.33. The molecule has 2 nitrogen and oxygen atoms in total. The normalized spacial score (nSPS) is 29.9. The van der Waals surface area contributed by atoms with Crippen molar-refractivity contribution in [1.29, 1.82) is 0 Å². The molecule has 92 valence electrons. The molecular formula is C15H20O2.